The molecular formula is C28H30ClFN4O2. The van der Waals surface area contributed by atoms with Crippen LogP contribution in [0.3, 0.4) is 0 Å². The van der Waals surface area contributed by atoms with E-state index in [1.807, 2.05) is 37.3 Å². The van der Waals surface area contributed by atoms with Gasteiger partial charge < -0.3 is 10.6 Å². The molecule has 1 saturated heterocycles. The van der Waals surface area contributed by atoms with Gasteiger partial charge in [-0.3, -0.25) is 19.5 Å². The number of hydrogen-bond acceptors (Lipinski definition) is 4. The maximum atomic E-state index is 13.4. The number of nitrogens with one attached hydrogen (secondary N) is 2. The molecule has 1 aromatic heterocycles. The van der Waals surface area contributed by atoms with Gasteiger partial charge in [0, 0.05) is 55.2 Å². The molecule has 8 heteroatoms. The maximum Gasteiger partial charge on any atom is 0.251 e. The van der Waals surface area contributed by atoms with Crippen LogP contribution in [0.1, 0.15) is 63.2 Å². The number of carbonyl (C=O) groups excluding carboxylic acids is 2. The zero-order valence-corrected chi connectivity index (χ0v) is 21.2. The van der Waals surface area contributed by atoms with E-state index < -0.39 is 5.82 Å². The first-order valence-electron chi connectivity index (χ1n) is 12.1. The highest BCUT2D eigenvalue weighted by molar-refractivity contribution is 6.31. The normalized spacial score (nSPS) is 15.3. The number of aryl methyl sites for hydroxylation is 1. The Morgan fingerprint density at radius 3 is 2.50 bits per heavy atom. The van der Waals surface area contributed by atoms with Crippen molar-refractivity contribution in [3.05, 3.63) is 99.6 Å². The van der Waals surface area contributed by atoms with Crippen molar-refractivity contribution in [3.8, 4) is 0 Å². The van der Waals surface area contributed by atoms with Crippen LogP contribution in [-0.2, 0) is 6.54 Å². The molecule has 6 nitrogen and oxygen atoms in total. The van der Waals surface area contributed by atoms with Gasteiger partial charge in [0.2, 0.25) is 0 Å². The van der Waals surface area contributed by atoms with Crippen LogP contribution in [0.2, 0.25) is 5.02 Å². The average molecular weight is 509 g/mol. The van der Waals surface area contributed by atoms with E-state index in [2.05, 4.69) is 27.4 Å². The molecule has 0 bridgehead atoms. The summed E-state index contributed by atoms with van der Waals surface area (Å²) in [5.41, 5.74) is 4.20. The Morgan fingerprint density at radius 1 is 1.11 bits per heavy atom. The molecule has 188 valence electrons. The summed E-state index contributed by atoms with van der Waals surface area (Å²) in [5, 5.41) is 5.93. The molecule has 1 atom stereocenters. The second kappa shape index (κ2) is 11.6. The molecule has 2 aromatic carbocycles. The molecule has 0 spiro atoms. The van der Waals surface area contributed by atoms with Crippen LogP contribution >= 0.6 is 11.6 Å². The summed E-state index contributed by atoms with van der Waals surface area (Å²) < 4.78 is 13.4. The quantitative estimate of drug-likeness (QED) is 0.467. The number of hydrogen-bond donors (Lipinski definition) is 2. The minimum Gasteiger partial charge on any atom is -0.349 e. The second-order valence-corrected chi connectivity index (χ2v) is 9.61. The third-order valence-electron chi connectivity index (χ3n) is 6.75. The van der Waals surface area contributed by atoms with E-state index in [4.69, 9.17) is 11.6 Å². The van der Waals surface area contributed by atoms with Gasteiger partial charge in [-0.1, -0.05) is 23.7 Å². The van der Waals surface area contributed by atoms with Gasteiger partial charge >= 0.3 is 0 Å². The number of pyridine rings is 1. The Labute approximate surface area is 215 Å². The number of carbonyl (C=O) groups is 2. The Kier molecular flexibility index (Phi) is 8.33. The van der Waals surface area contributed by atoms with Crippen molar-refractivity contribution in [2.24, 2.45) is 0 Å². The Bertz CT molecular complexity index is 1230. The van der Waals surface area contributed by atoms with Crippen molar-refractivity contribution in [1.29, 1.82) is 0 Å². The fourth-order valence-electron chi connectivity index (χ4n) is 4.61. The van der Waals surface area contributed by atoms with Crippen LogP contribution in [0.5, 0.6) is 0 Å². The summed E-state index contributed by atoms with van der Waals surface area (Å²) >= 11 is 5.81. The van der Waals surface area contributed by atoms with Gasteiger partial charge in [-0.25, -0.2) is 4.39 Å². The van der Waals surface area contributed by atoms with Crippen molar-refractivity contribution in [2.75, 3.05) is 13.1 Å². The predicted octanol–water partition coefficient (Wildman–Crippen LogP) is 5.07. The lowest BCUT2D eigenvalue weighted by Crippen LogP contribution is -2.45. The summed E-state index contributed by atoms with van der Waals surface area (Å²) in [5.74, 6) is -0.888. The average Bonchev–Trinajstić information content (AvgIpc) is 2.89. The molecule has 3 aromatic rings. The number of benzene rings is 2. The lowest BCUT2D eigenvalue weighted by molar-refractivity contribution is 0.0894. The highest BCUT2D eigenvalue weighted by atomic mass is 35.5. The van der Waals surface area contributed by atoms with Gasteiger partial charge in [-0.15, -0.1) is 0 Å². The number of nitrogens with zero attached hydrogens (tertiary/aromatic N) is 2. The smallest absolute Gasteiger partial charge is 0.251 e. The van der Waals surface area contributed by atoms with Crippen LogP contribution in [0.25, 0.3) is 0 Å². The van der Waals surface area contributed by atoms with Gasteiger partial charge in [0.15, 0.2) is 0 Å². The zero-order chi connectivity index (χ0) is 25.7. The molecule has 4 rings (SSSR count). The molecule has 2 heterocycles. The lowest BCUT2D eigenvalue weighted by atomic mass is 9.95. The molecule has 2 amide bonds. The Hall–Kier alpha value is -3.29. The third-order valence-corrected chi connectivity index (χ3v) is 7.04. The molecule has 1 aliphatic heterocycles. The maximum absolute atomic E-state index is 13.4. The molecule has 36 heavy (non-hydrogen) atoms. The van der Waals surface area contributed by atoms with E-state index in [0.29, 0.717) is 17.7 Å². The minimum atomic E-state index is -0.538. The number of halogens is 2. The van der Waals surface area contributed by atoms with Crippen LogP contribution in [0.4, 0.5) is 4.39 Å². The molecule has 2 N–H and O–H groups in total. The molecule has 0 radical (unpaired) electrons. The van der Waals surface area contributed by atoms with E-state index in [1.54, 1.807) is 12.4 Å². The molecule has 1 aliphatic rings. The summed E-state index contributed by atoms with van der Waals surface area (Å²) in [6.45, 7) is 6.31. The molecule has 0 saturated carbocycles. The van der Waals surface area contributed by atoms with Gasteiger partial charge in [0.1, 0.15) is 5.82 Å². The van der Waals surface area contributed by atoms with Gasteiger partial charge in [0.05, 0.1) is 5.02 Å². The third kappa shape index (κ3) is 6.28. The Morgan fingerprint density at radius 2 is 1.83 bits per heavy atom. The highest BCUT2D eigenvalue weighted by Crippen LogP contribution is 2.27. The summed E-state index contributed by atoms with van der Waals surface area (Å²) in [7, 11) is 0. The van der Waals surface area contributed by atoms with Gasteiger partial charge in [0.25, 0.3) is 11.8 Å². The molecular weight excluding hydrogens is 479 g/mol. The molecule has 1 unspecified atom stereocenters. The minimum absolute atomic E-state index is 0.0526. The van der Waals surface area contributed by atoms with E-state index in [0.717, 1.165) is 37.1 Å². The van der Waals surface area contributed by atoms with Crippen LogP contribution in [0, 0.1) is 12.7 Å². The fraction of sp³-hybridized carbons (Fsp3) is 0.321. The first-order valence-corrected chi connectivity index (χ1v) is 12.5. The number of piperidine rings is 1. The van der Waals surface area contributed by atoms with E-state index in [1.165, 1.54) is 23.8 Å². The van der Waals surface area contributed by atoms with E-state index in [9.17, 15) is 14.0 Å². The molecule has 0 aliphatic carbocycles. The number of likely N-dealkylation sites (tertiary alicyclic amines) is 1. The van der Waals surface area contributed by atoms with Crippen LogP contribution < -0.4 is 10.6 Å². The van der Waals surface area contributed by atoms with Crippen molar-refractivity contribution in [3.63, 3.8) is 0 Å². The number of rotatable bonds is 7. The Balaban J connectivity index is 1.30. The largest absolute Gasteiger partial charge is 0.349 e. The topological polar surface area (TPSA) is 74.3 Å². The van der Waals surface area contributed by atoms with Gasteiger partial charge in [-0.2, -0.15) is 0 Å². The van der Waals surface area contributed by atoms with Gasteiger partial charge in [-0.05, 0) is 79.8 Å². The monoisotopic (exact) mass is 508 g/mol. The van der Waals surface area contributed by atoms with Crippen LogP contribution in [0.15, 0.2) is 60.9 Å². The fourth-order valence-corrected chi connectivity index (χ4v) is 4.79. The molecule has 1 fully saturated rings. The van der Waals surface area contributed by atoms with Crippen molar-refractivity contribution in [1.82, 2.24) is 20.5 Å². The summed E-state index contributed by atoms with van der Waals surface area (Å²) in [6, 6.07) is 13.9. The predicted molar refractivity (Wildman–Crippen MR) is 138 cm³/mol. The zero-order valence-electron chi connectivity index (χ0n) is 20.4. The van der Waals surface area contributed by atoms with E-state index >= 15 is 0 Å². The van der Waals surface area contributed by atoms with Crippen LogP contribution in [-0.4, -0.2) is 40.8 Å². The van der Waals surface area contributed by atoms with Crippen molar-refractivity contribution >= 4 is 23.4 Å². The highest BCUT2D eigenvalue weighted by Gasteiger charge is 2.26. The lowest BCUT2D eigenvalue weighted by Gasteiger charge is -2.37. The van der Waals surface area contributed by atoms with E-state index in [-0.39, 0.29) is 28.9 Å². The first-order chi connectivity index (χ1) is 17.3. The standard InChI is InChI=1S/C28H30ClFN4O2/c1-18-14-21(27(35)32-17-20-4-3-11-31-16-20)5-7-24(18)19(2)34-12-9-23(10-13-34)33-28(36)22-6-8-26(30)25(29)15-22/h3-8,11,14-16,19,23H,9-10,12-13,17H2,1-2H3,(H,32,35)(H,33,36). The van der Waals surface area contributed by atoms with Crippen molar-refractivity contribution < 1.29 is 14.0 Å². The van der Waals surface area contributed by atoms with Crippen molar-refractivity contribution in [2.45, 2.75) is 45.3 Å². The SMILES string of the molecule is Cc1cc(C(=O)NCc2cccnc2)ccc1C(C)N1CCC(NC(=O)c2ccc(F)c(Cl)c2)CC1. The number of amides is 2. The summed E-state index contributed by atoms with van der Waals surface area (Å²) in [4.78, 5) is 31.6. The number of aromatic nitrogens is 1. The second-order valence-electron chi connectivity index (χ2n) is 9.20. The first kappa shape index (κ1) is 25.8. The summed E-state index contributed by atoms with van der Waals surface area (Å²) in [6.07, 6.45) is 5.08.